The number of fused-ring (bicyclic) bond motifs is 1. The van der Waals surface area contributed by atoms with E-state index in [1.807, 2.05) is 48.0 Å². The molecule has 4 aromatic rings. The molecule has 0 radical (unpaired) electrons. The van der Waals surface area contributed by atoms with Gasteiger partial charge in [0.2, 0.25) is 9.84 Å². The molecule has 0 aliphatic heterocycles. The first-order valence-electron chi connectivity index (χ1n) is 9.23. The minimum atomic E-state index is -4.70. The van der Waals surface area contributed by atoms with Crippen molar-refractivity contribution in [3.63, 3.8) is 0 Å². The van der Waals surface area contributed by atoms with Crippen molar-refractivity contribution in [2.24, 2.45) is 7.05 Å². The highest BCUT2D eigenvalue weighted by Crippen LogP contribution is 2.25. The first-order valence-corrected chi connectivity index (χ1v) is 10.8. The molecule has 0 aliphatic rings. The van der Waals surface area contributed by atoms with Crippen LogP contribution in [0.25, 0.3) is 22.4 Å². The van der Waals surface area contributed by atoms with Crippen molar-refractivity contribution < 1.29 is 22.0 Å². The van der Waals surface area contributed by atoms with Gasteiger partial charge in [0.15, 0.2) is 0 Å². The first kappa shape index (κ1) is 20.7. The number of rotatable bonds is 5. The van der Waals surface area contributed by atoms with Crippen molar-refractivity contribution in [3.8, 4) is 11.4 Å². The molecular weight excluding hydrogens is 424 g/mol. The number of aryl methyl sites for hydroxylation is 1. The van der Waals surface area contributed by atoms with Crippen LogP contribution in [0.2, 0.25) is 0 Å². The zero-order chi connectivity index (χ0) is 22.2. The van der Waals surface area contributed by atoms with Crippen molar-refractivity contribution in [1.82, 2.24) is 9.55 Å². The van der Waals surface area contributed by atoms with Gasteiger partial charge in [0.25, 0.3) is 5.91 Å². The third-order valence-electron chi connectivity index (χ3n) is 4.87. The van der Waals surface area contributed by atoms with E-state index in [0.29, 0.717) is 5.69 Å². The smallest absolute Gasteiger partial charge is 0.327 e. The zero-order valence-electron chi connectivity index (χ0n) is 16.3. The number of alkyl halides is 2. The second kappa shape index (κ2) is 7.92. The molecule has 3 aromatic carbocycles. The number of anilines is 1. The Morgan fingerprint density at radius 1 is 0.968 bits per heavy atom. The highest BCUT2D eigenvalue weighted by atomic mass is 32.2. The van der Waals surface area contributed by atoms with E-state index in [1.54, 1.807) is 12.1 Å². The van der Waals surface area contributed by atoms with Crippen LogP contribution in [0, 0.1) is 0 Å². The van der Waals surface area contributed by atoms with E-state index < -0.39 is 26.4 Å². The number of hydrogen-bond donors (Lipinski definition) is 1. The number of hydrogen-bond acceptors (Lipinski definition) is 4. The predicted octanol–water partition coefficient (Wildman–Crippen LogP) is 4.49. The quantitative estimate of drug-likeness (QED) is 0.495. The van der Waals surface area contributed by atoms with Gasteiger partial charge in [-0.25, -0.2) is 13.4 Å². The van der Waals surface area contributed by atoms with E-state index in [9.17, 15) is 22.0 Å². The fourth-order valence-corrected chi connectivity index (χ4v) is 3.93. The molecule has 0 aliphatic carbocycles. The molecule has 0 fully saturated rings. The molecule has 158 valence electrons. The molecule has 1 amide bonds. The van der Waals surface area contributed by atoms with Crippen LogP contribution in [-0.2, 0) is 16.9 Å². The molecular formula is C22H17F2N3O3S. The Morgan fingerprint density at radius 2 is 1.61 bits per heavy atom. The fraction of sp³-hybridized carbons (Fsp3) is 0.0909. The minimum Gasteiger partial charge on any atom is -0.327 e. The topological polar surface area (TPSA) is 81.1 Å². The maximum atomic E-state index is 12.6. The molecule has 0 atom stereocenters. The number of carbonyl (C=O) groups is 1. The van der Waals surface area contributed by atoms with Crippen LogP contribution in [0.15, 0.2) is 77.7 Å². The summed E-state index contributed by atoms with van der Waals surface area (Å²) in [7, 11) is -2.77. The van der Waals surface area contributed by atoms with Gasteiger partial charge < -0.3 is 9.88 Å². The molecule has 4 rings (SSSR count). The largest absolute Gasteiger partial charge is 0.341 e. The number of nitrogens with zero attached hydrogens (tertiary/aromatic N) is 2. The Morgan fingerprint density at radius 3 is 2.23 bits per heavy atom. The summed E-state index contributed by atoms with van der Waals surface area (Å²) in [6, 6.07) is 19.3. The van der Waals surface area contributed by atoms with Gasteiger partial charge in [0.05, 0.1) is 15.9 Å². The number of benzene rings is 3. The van der Waals surface area contributed by atoms with E-state index in [1.165, 1.54) is 12.1 Å². The van der Waals surface area contributed by atoms with Crippen LogP contribution in [-0.4, -0.2) is 29.6 Å². The normalized spacial score (nSPS) is 11.7. The van der Waals surface area contributed by atoms with E-state index in [4.69, 9.17) is 0 Å². The van der Waals surface area contributed by atoms with Crippen LogP contribution in [0.3, 0.4) is 0 Å². The monoisotopic (exact) mass is 441 g/mol. The van der Waals surface area contributed by atoms with E-state index in [0.717, 1.165) is 34.6 Å². The number of amides is 1. The number of halogens is 2. The van der Waals surface area contributed by atoms with Crippen molar-refractivity contribution in [1.29, 1.82) is 0 Å². The Hall–Kier alpha value is -3.59. The van der Waals surface area contributed by atoms with Crippen molar-refractivity contribution in [2.45, 2.75) is 10.7 Å². The molecule has 1 aromatic heterocycles. The molecule has 31 heavy (non-hydrogen) atoms. The van der Waals surface area contributed by atoms with Crippen molar-refractivity contribution >= 4 is 32.5 Å². The molecule has 0 saturated carbocycles. The summed E-state index contributed by atoms with van der Waals surface area (Å²) in [6.45, 7) is 0. The average Bonchev–Trinajstić information content (AvgIpc) is 3.11. The van der Waals surface area contributed by atoms with Gasteiger partial charge in [-0.3, -0.25) is 4.79 Å². The van der Waals surface area contributed by atoms with E-state index in [2.05, 4.69) is 10.3 Å². The number of imidazole rings is 1. The number of aromatic nitrogens is 2. The standard InChI is InChI=1S/C22H17F2N3O3S/c1-27-19-5-3-2-4-18(19)26-20(27)14-6-10-16(11-7-14)25-21(28)15-8-12-17(13-9-15)31(29,30)22(23)24/h2-13,22H,1H3,(H,25,28). The summed E-state index contributed by atoms with van der Waals surface area (Å²) in [5.41, 5.74) is 3.43. The average molecular weight is 441 g/mol. The lowest BCUT2D eigenvalue weighted by Gasteiger charge is -2.08. The Labute approximate surface area is 177 Å². The molecule has 0 bridgehead atoms. The summed E-state index contributed by atoms with van der Waals surface area (Å²) in [5.74, 6) is -3.21. The van der Waals surface area contributed by atoms with Crippen LogP contribution < -0.4 is 5.32 Å². The maximum absolute atomic E-state index is 12.6. The van der Waals surface area contributed by atoms with Crippen molar-refractivity contribution in [2.75, 3.05) is 5.32 Å². The molecule has 9 heteroatoms. The zero-order valence-corrected chi connectivity index (χ0v) is 17.1. The molecule has 0 unspecified atom stereocenters. The van der Waals surface area contributed by atoms with Gasteiger partial charge in [-0.2, -0.15) is 8.78 Å². The molecule has 6 nitrogen and oxygen atoms in total. The first-order chi connectivity index (χ1) is 14.8. The number of carbonyl (C=O) groups excluding carboxylic acids is 1. The SMILES string of the molecule is Cn1c(-c2ccc(NC(=O)c3ccc(S(=O)(=O)C(F)F)cc3)cc2)nc2ccccc21. The van der Waals surface area contributed by atoms with Crippen molar-refractivity contribution in [3.05, 3.63) is 78.4 Å². The summed E-state index contributed by atoms with van der Waals surface area (Å²) < 4.78 is 50.2. The van der Waals surface area contributed by atoms with Crippen LogP contribution >= 0.6 is 0 Å². The van der Waals surface area contributed by atoms with E-state index in [-0.39, 0.29) is 5.56 Å². The van der Waals surface area contributed by atoms with Gasteiger partial charge in [-0.1, -0.05) is 12.1 Å². The van der Waals surface area contributed by atoms with Crippen LogP contribution in [0.4, 0.5) is 14.5 Å². The van der Waals surface area contributed by atoms with Gasteiger partial charge in [-0.15, -0.1) is 0 Å². The third kappa shape index (κ3) is 3.91. The molecule has 1 heterocycles. The second-order valence-corrected chi connectivity index (χ2v) is 8.76. The minimum absolute atomic E-state index is 0.146. The highest BCUT2D eigenvalue weighted by molar-refractivity contribution is 7.91. The summed E-state index contributed by atoms with van der Waals surface area (Å²) >= 11 is 0. The molecule has 1 N–H and O–H groups in total. The van der Waals surface area contributed by atoms with E-state index >= 15 is 0 Å². The molecule has 0 spiro atoms. The number of sulfone groups is 1. The van der Waals surface area contributed by atoms with Crippen LogP contribution in [0.1, 0.15) is 10.4 Å². The van der Waals surface area contributed by atoms with Gasteiger partial charge >= 0.3 is 5.76 Å². The Kier molecular flexibility index (Phi) is 5.28. The molecule has 0 saturated heterocycles. The Balaban J connectivity index is 1.51. The predicted molar refractivity (Wildman–Crippen MR) is 114 cm³/mol. The van der Waals surface area contributed by atoms with Gasteiger partial charge in [0, 0.05) is 23.9 Å². The fourth-order valence-electron chi connectivity index (χ4n) is 3.21. The number of nitrogens with one attached hydrogen (secondary N) is 1. The van der Waals surface area contributed by atoms with Gasteiger partial charge in [0.1, 0.15) is 5.82 Å². The summed E-state index contributed by atoms with van der Waals surface area (Å²) in [4.78, 5) is 16.5. The summed E-state index contributed by atoms with van der Waals surface area (Å²) in [5, 5.41) is 2.70. The highest BCUT2D eigenvalue weighted by Gasteiger charge is 2.26. The van der Waals surface area contributed by atoms with Gasteiger partial charge in [-0.05, 0) is 60.7 Å². The second-order valence-electron chi connectivity index (χ2n) is 6.84. The number of para-hydroxylation sites is 2. The third-order valence-corrected chi connectivity index (χ3v) is 6.27. The lowest BCUT2D eigenvalue weighted by molar-refractivity contribution is 0.102. The maximum Gasteiger partial charge on any atom is 0.341 e. The lowest BCUT2D eigenvalue weighted by atomic mass is 10.1. The Bertz CT molecular complexity index is 1360. The lowest BCUT2D eigenvalue weighted by Crippen LogP contribution is -2.14. The van der Waals surface area contributed by atoms with Crippen LogP contribution in [0.5, 0.6) is 0 Å². The summed E-state index contributed by atoms with van der Waals surface area (Å²) in [6.07, 6.45) is 0.